The molecule has 1 saturated heterocycles. The highest BCUT2D eigenvalue weighted by atomic mass is 16.4. The first-order valence-electron chi connectivity index (χ1n) is 5.75. The lowest BCUT2D eigenvalue weighted by atomic mass is 9.99. The second kappa shape index (κ2) is 6.08. The molecule has 0 aromatic heterocycles. The number of hydrogen-bond donors (Lipinski definition) is 2. The van der Waals surface area contributed by atoms with Gasteiger partial charge in [0.25, 0.3) is 0 Å². The van der Waals surface area contributed by atoms with Gasteiger partial charge in [0.15, 0.2) is 0 Å². The number of rotatable bonds is 5. The second-order valence-electron chi connectivity index (χ2n) is 4.50. The molecule has 0 aromatic carbocycles. The van der Waals surface area contributed by atoms with Gasteiger partial charge >= 0.3 is 5.97 Å². The number of nitrogens with zero attached hydrogens (tertiary/aromatic N) is 1. The molecule has 88 valence electrons. The van der Waals surface area contributed by atoms with Crippen molar-refractivity contribution in [2.24, 2.45) is 0 Å². The molecule has 0 saturated carbocycles. The molecule has 0 bridgehead atoms. The van der Waals surface area contributed by atoms with Crippen LogP contribution in [0.2, 0.25) is 0 Å². The molecule has 2 atom stereocenters. The van der Waals surface area contributed by atoms with E-state index in [1.807, 2.05) is 0 Å². The van der Waals surface area contributed by atoms with Gasteiger partial charge in [0, 0.05) is 18.5 Å². The van der Waals surface area contributed by atoms with Gasteiger partial charge < -0.3 is 15.3 Å². The number of hydrogen-bond acceptors (Lipinski definition) is 3. The van der Waals surface area contributed by atoms with E-state index in [0.717, 1.165) is 19.5 Å². The Bertz CT molecular complexity index is 209. The molecule has 4 nitrogen and oxygen atoms in total. The highest BCUT2D eigenvalue weighted by Gasteiger charge is 2.21. The highest BCUT2D eigenvalue weighted by molar-refractivity contribution is 5.66. The average Bonchev–Trinajstić information content (AvgIpc) is 2.18. The molecule has 2 unspecified atom stereocenters. The lowest BCUT2D eigenvalue weighted by Gasteiger charge is -2.35. The van der Waals surface area contributed by atoms with E-state index in [0.29, 0.717) is 12.1 Å². The first-order chi connectivity index (χ1) is 7.09. The number of piperidine rings is 1. The summed E-state index contributed by atoms with van der Waals surface area (Å²) in [6.07, 6.45) is 3.35. The summed E-state index contributed by atoms with van der Waals surface area (Å²) in [5.41, 5.74) is 0. The van der Waals surface area contributed by atoms with E-state index in [1.54, 1.807) is 0 Å². The topological polar surface area (TPSA) is 52.6 Å². The van der Waals surface area contributed by atoms with Crippen LogP contribution in [0.4, 0.5) is 0 Å². The van der Waals surface area contributed by atoms with Crippen LogP contribution in [0.3, 0.4) is 0 Å². The number of aliphatic carboxylic acids is 1. The normalized spacial score (nSPS) is 27.9. The summed E-state index contributed by atoms with van der Waals surface area (Å²) < 4.78 is 0. The number of likely N-dealkylation sites (tertiary alicyclic amines) is 1. The molecule has 15 heavy (non-hydrogen) atoms. The van der Waals surface area contributed by atoms with Crippen LogP contribution in [0.1, 0.15) is 32.6 Å². The summed E-state index contributed by atoms with van der Waals surface area (Å²) >= 11 is 0. The molecule has 0 amide bonds. The van der Waals surface area contributed by atoms with Crippen molar-refractivity contribution in [3.8, 4) is 0 Å². The summed E-state index contributed by atoms with van der Waals surface area (Å²) in [6.45, 7) is 4.20. The predicted octanol–water partition coefficient (Wildman–Crippen LogP) is 0.924. The lowest BCUT2D eigenvalue weighted by Crippen LogP contribution is -2.45. The smallest absolute Gasteiger partial charge is 0.303 e. The van der Waals surface area contributed by atoms with Crippen molar-refractivity contribution in [1.82, 2.24) is 10.2 Å². The van der Waals surface area contributed by atoms with Gasteiger partial charge in [-0.2, -0.15) is 0 Å². The Morgan fingerprint density at radius 2 is 2.33 bits per heavy atom. The molecular weight excluding hydrogens is 192 g/mol. The third-order valence-electron chi connectivity index (χ3n) is 3.21. The van der Waals surface area contributed by atoms with Gasteiger partial charge in [-0.1, -0.05) is 0 Å². The van der Waals surface area contributed by atoms with E-state index in [2.05, 4.69) is 24.2 Å². The standard InChI is InChI=1S/C11H22N2O2/c1-9-8-10(5-7-13(9)2)12-6-3-4-11(14)15/h9-10,12H,3-8H2,1-2H3,(H,14,15). The van der Waals surface area contributed by atoms with E-state index in [4.69, 9.17) is 5.11 Å². The SMILES string of the molecule is CC1CC(NCCCC(=O)O)CCN1C. The summed E-state index contributed by atoms with van der Waals surface area (Å²) in [5, 5.41) is 11.9. The van der Waals surface area contributed by atoms with Crippen molar-refractivity contribution in [2.45, 2.75) is 44.7 Å². The average molecular weight is 214 g/mol. The number of nitrogens with one attached hydrogen (secondary N) is 1. The molecule has 0 spiro atoms. The molecule has 4 heteroatoms. The Hall–Kier alpha value is -0.610. The maximum Gasteiger partial charge on any atom is 0.303 e. The van der Waals surface area contributed by atoms with Crippen molar-refractivity contribution < 1.29 is 9.90 Å². The fraction of sp³-hybridized carbons (Fsp3) is 0.909. The van der Waals surface area contributed by atoms with Gasteiger partial charge in [0.05, 0.1) is 0 Å². The Morgan fingerprint density at radius 1 is 1.60 bits per heavy atom. The van der Waals surface area contributed by atoms with Crippen molar-refractivity contribution >= 4 is 5.97 Å². The predicted molar refractivity (Wildman–Crippen MR) is 60.0 cm³/mol. The second-order valence-corrected chi connectivity index (χ2v) is 4.50. The number of carboxylic acid groups (broad SMARTS) is 1. The molecule has 0 radical (unpaired) electrons. The maximum absolute atomic E-state index is 10.3. The molecule has 0 aromatic rings. The fourth-order valence-electron chi connectivity index (χ4n) is 2.02. The zero-order valence-corrected chi connectivity index (χ0v) is 9.70. The van der Waals surface area contributed by atoms with Crippen LogP contribution in [0.5, 0.6) is 0 Å². The Morgan fingerprint density at radius 3 is 2.93 bits per heavy atom. The van der Waals surface area contributed by atoms with E-state index in [-0.39, 0.29) is 6.42 Å². The third kappa shape index (κ3) is 4.62. The molecule has 1 rings (SSSR count). The van der Waals surface area contributed by atoms with Crippen LogP contribution in [0.15, 0.2) is 0 Å². The minimum absolute atomic E-state index is 0.273. The van der Waals surface area contributed by atoms with Crippen molar-refractivity contribution in [3.63, 3.8) is 0 Å². The van der Waals surface area contributed by atoms with Crippen LogP contribution >= 0.6 is 0 Å². The van der Waals surface area contributed by atoms with Crippen molar-refractivity contribution in [2.75, 3.05) is 20.1 Å². The quantitative estimate of drug-likeness (QED) is 0.668. The van der Waals surface area contributed by atoms with E-state index < -0.39 is 5.97 Å². The Balaban J connectivity index is 2.09. The van der Waals surface area contributed by atoms with Gasteiger partial charge in [-0.15, -0.1) is 0 Å². The third-order valence-corrected chi connectivity index (χ3v) is 3.21. The number of carboxylic acids is 1. The van der Waals surface area contributed by atoms with Gasteiger partial charge in [0.1, 0.15) is 0 Å². The summed E-state index contributed by atoms with van der Waals surface area (Å²) in [5.74, 6) is -0.700. The van der Waals surface area contributed by atoms with Crippen LogP contribution in [0, 0.1) is 0 Å². The van der Waals surface area contributed by atoms with Gasteiger partial charge in [-0.05, 0) is 46.3 Å². The minimum Gasteiger partial charge on any atom is -0.481 e. The van der Waals surface area contributed by atoms with Crippen LogP contribution in [0.25, 0.3) is 0 Å². The zero-order valence-electron chi connectivity index (χ0n) is 9.70. The zero-order chi connectivity index (χ0) is 11.3. The lowest BCUT2D eigenvalue weighted by molar-refractivity contribution is -0.137. The summed E-state index contributed by atoms with van der Waals surface area (Å²) in [4.78, 5) is 12.7. The van der Waals surface area contributed by atoms with Gasteiger partial charge in [0.2, 0.25) is 0 Å². The number of carbonyl (C=O) groups is 1. The van der Waals surface area contributed by atoms with Crippen LogP contribution < -0.4 is 5.32 Å². The molecular formula is C11H22N2O2. The first kappa shape index (κ1) is 12.5. The molecule has 1 heterocycles. The molecule has 0 aliphatic carbocycles. The van der Waals surface area contributed by atoms with Crippen molar-refractivity contribution in [3.05, 3.63) is 0 Å². The van der Waals surface area contributed by atoms with E-state index >= 15 is 0 Å². The van der Waals surface area contributed by atoms with Crippen molar-refractivity contribution in [1.29, 1.82) is 0 Å². The maximum atomic E-state index is 10.3. The minimum atomic E-state index is -0.700. The fourth-order valence-corrected chi connectivity index (χ4v) is 2.02. The largest absolute Gasteiger partial charge is 0.481 e. The highest BCUT2D eigenvalue weighted by Crippen LogP contribution is 2.15. The summed E-state index contributed by atoms with van der Waals surface area (Å²) in [7, 11) is 2.16. The van der Waals surface area contributed by atoms with E-state index in [1.165, 1.54) is 12.8 Å². The molecule has 1 aliphatic rings. The van der Waals surface area contributed by atoms with E-state index in [9.17, 15) is 4.79 Å². The summed E-state index contributed by atoms with van der Waals surface area (Å²) in [6, 6.07) is 1.21. The van der Waals surface area contributed by atoms with Gasteiger partial charge in [-0.25, -0.2) is 0 Å². The molecule has 2 N–H and O–H groups in total. The van der Waals surface area contributed by atoms with Crippen LogP contribution in [-0.4, -0.2) is 48.2 Å². The first-order valence-corrected chi connectivity index (χ1v) is 5.75. The molecule has 1 fully saturated rings. The monoisotopic (exact) mass is 214 g/mol. The van der Waals surface area contributed by atoms with Crippen LogP contribution in [-0.2, 0) is 4.79 Å². The van der Waals surface area contributed by atoms with Gasteiger partial charge in [-0.3, -0.25) is 4.79 Å². The Labute approximate surface area is 91.6 Å². The molecule has 1 aliphatic heterocycles. The Kier molecular flexibility index (Phi) is 5.05.